The van der Waals surface area contributed by atoms with Gasteiger partial charge in [-0.2, -0.15) is 0 Å². The van der Waals surface area contributed by atoms with Gasteiger partial charge in [0.1, 0.15) is 0 Å². The van der Waals surface area contributed by atoms with Crippen molar-refractivity contribution in [1.29, 1.82) is 0 Å². The summed E-state index contributed by atoms with van der Waals surface area (Å²) in [5.74, 6) is -3.29. The largest absolute Gasteiger partial charge is 0.378 e. The Bertz CT molecular complexity index is 853. The molecule has 1 fully saturated rings. The first-order chi connectivity index (χ1) is 11.9. The third-order valence-corrected chi connectivity index (χ3v) is 5.03. The Labute approximate surface area is 150 Å². The minimum Gasteiger partial charge on any atom is -0.378 e. The molecule has 0 radical (unpaired) electrons. The summed E-state index contributed by atoms with van der Waals surface area (Å²) in [4.78, 5) is 13.1. The molecule has 3 nitrogen and oxygen atoms in total. The first-order valence-electron chi connectivity index (χ1n) is 7.98. The smallest absolute Gasteiger partial charge is 0.235 e. The number of anilines is 1. The molecule has 1 saturated heterocycles. The SMILES string of the molecule is Cc1ccc([C@H]2CNC(=S)[C@@H]2C(=O)Nc2cccc(F)c2F)cc1C. The Hall–Kier alpha value is -2.34. The van der Waals surface area contributed by atoms with E-state index in [1.807, 2.05) is 32.0 Å². The zero-order valence-corrected chi connectivity index (χ0v) is 14.7. The topological polar surface area (TPSA) is 41.1 Å². The van der Waals surface area contributed by atoms with Crippen molar-refractivity contribution < 1.29 is 13.6 Å². The third-order valence-electron chi connectivity index (χ3n) is 4.63. The number of halogens is 2. The maximum Gasteiger partial charge on any atom is 0.235 e. The zero-order valence-electron chi connectivity index (χ0n) is 13.9. The summed E-state index contributed by atoms with van der Waals surface area (Å²) in [5.41, 5.74) is 3.11. The van der Waals surface area contributed by atoms with E-state index in [1.165, 1.54) is 17.7 Å². The van der Waals surface area contributed by atoms with Crippen LogP contribution in [0.1, 0.15) is 22.6 Å². The Morgan fingerprint density at radius 1 is 1.20 bits per heavy atom. The van der Waals surface area contributed by atoms with E-state index in [1.54, 1.807) is 0 Å². The molecule has 0 aliphatic carbocycles. The third kappa shape index (κ3) is 3.39. The van der Waals surface area contributed by atoms with Crippen molar-refractivity contribution in [1.82, 2.24) is 5.32 Å². The zero-order chi connectivity index (χ0) is 18.1. The molecule has 3 rings (SSSR count). The summed E-state index contributed by atoms with van der Waals surface area (Å²) in [6.07, 6.45) is 0. The summed E-state index contributed by atoms with van der Waals surface area (Å²) in [6.45, 7) is 4.56. The first kappa shape index (κ1) is 17.5. The molecule has 1 amide bonds. The van der Waals surface area contributed by atoms with Gasteiger partial charge in [-0.05, 0) is 42.7 Å². The first-order valence-corrected chi connectivity index (χ1v) is 8.39. The van der Waals surface area contributed by atoms with Crippen LogP contribution in [0.4, 0.5) is 14.5 Å². The highest BCUT2D eigenvalue weighted by molar-refractivity contribution is 7.80. The van der Waals surface area contributed by atoms with Crippen LogP contribution in [-0.4, -0.2) is 17.4 Å². The lowest BCUT2D eigenvalue weighted by atomic mass is 9.86. The molecule has 0 aromatic heterocycles. The molecule has 2 aromatic carbocycles. The standard InChI is InChI=1S/C19H18F2N2OS/c1-10-6-7-12(8-11(10)2)13-9-22-19(25)16(13)18(24)23-15-5-3-4-14(20)17(15)21/h3-8,13,16H,9H2,1-2H3,(H,22,25)(H,23,24)/t13-,16+/m1/s1. The Balaban J connectivity index is 1.87. The number of thiocarbonyl (C=S) groups is 1. The number of nitrogens with one attached hydrogen (secondary N) is 2. The van der Waals surface area contributed by atoms with Crippen molar-refractivity contribution in [2.45, 2.75) is 19.8 Å². The van der Waals surface area contributed by atoms with E-state index in [2.05, 4.69) is 10.6 Å². The number of hydrogen-bond donors (Lipinski definition) is 2. The molecule has 2 aromatic rings. The van der Waals surface area contributed by atoms with Crippen molar-refractivity contribution in [3.05, 3.63) is 64.7 Å². The molecule has 0 bridgehead atoms. The van der Waals surface area contributed by atoms with Crippen LogP contribution in [0.2, 0.25) is 0 Å². The molecule has 6 heteroatoms. The maximum atomic E-state index is 13.8. The van der Waals surface area contributed by atoms with Crippen LogP contribution in [-0.2, 0) is 4.79 Å². The highest BCUT2D eigenvalue weighted by atomic mass is 32.1. The number of rotatable bonds is 3. The number of amides is 1. The van der Waals surface area contributed by atoms with Crippen LogP contribution in [0, 0.1) is 31.4 Å². The molecule has 1 aliphatic rings. The van der Waals surface area contributed by atoms with Crippen molar-refractivity contribution in [3.63, 3.8) is 0 Å². The van der Waals surface area contributed by atoms with Gasteiger partial charge in [0.25, 0.3) is 0 Å². The second-order valence-corrected chi connectivity index (χ2v) is 6.70. The number of aryl methyl sites for hydroxylation is 2. The predicted molar refractivity (Wildman–Crippen MR) is 97.7 cm³/mol. The van der Waals surface area contributed by atoms with Gasteiger partial charge in [0.15, 0.2) is 11.6 Å². The fourth-order valence-electron chi connectivity index (χ4n) is 3.04. The predicted octanol–water partition coefficient (Wildman–Crippen LogP) is 3.85. The number of benzene rings is 2. The van der Waals surface area contributed by atoms with Crippen LogP contribution in [0.3, 0.4) is 0 Å². The van der Waals surface area contributed by atoms with Gasteiger partial charge in [-0.15, -0.1) is 0 Å². The highest BCUT2D eigenvalue weighted by Crippen LogP contribution is 2.32. The molecular formula is C19H18F2N2OS. The lowest BCUT2D eigenvalue weighted by Gasteiger charge is -2.19. The molecule has 2 N–H and O–H groups in total. The van der Waals surface area contributed by atoms with E-state index < -0.39 is 23.5 Å². The molecule has 0 saturated carbocycles. The maximum absolute atomic E-state index is 13.8. The second-order valence-electron chi connectivity index (χ2n) is 6.26. The summed E-state index contributed by atoms with van der Waals surface area (Å²) < 4.78 is 27.2. The normalized spacial score (nSPS) is 19.6. The molecule has 1 aliphatic heterocycles. The minimum atomic E-state index is -1.07. The van der Waals surface area contributed by atoms with Crippen molar-refractivity contribution in [2.75, 3.05) is 11.9 Å². The quantitative estimate of drug-likeness (QED) is 0.817. The van der Waals surface area contributed by atoms with Gasteiger partial charge >= 0.3 is 0 Å². The minimum absolute atomic E-state index is 0.150. The molecular weight excluding hydrogens is 342 g/mol. The molecule has 0 unspecified atom stereocenters. The van der Waals surface area contributed by atoms with Gasteiger partial charge in [-0.25, -0.2) is 8.78 Å². The van der Waals surface area contributed by atoms with Crippen LogP contribution in [0.5, 0.6) is 0 Å². The fourth-order valence-corrected chi connectivity index (χ4v) is 3.39. The fraction of sp³-hybridized carbons (Fsp3) is 0.263. The van der Waals surface area contributed by atoms with Gasteiger partial charge < -0.3 is 10.6 Å². The summed E-state index contributed by atoms with van der Waals surface area (Å²) in [6, 6.07) is 9.70. The van der Waals surface area contributed by atoms with Gasteiger partial charge in [-0.1, -0.05) is 36.5 Å². The van der Waals surface area contributed by atoms with Gasteiger partial charge in [0.2, 0.25) is 5.91 Å². The second kappa shape index (κ2) is 6.88. The Morgan fingerprint density at radius 3 is 2.68 bits per heavy atom. The average Bonchev–Trinajstić information content (AvgIpc) is 2.96. The average molecular weight is 360 g/mol. The monoisotopic (exact) mass is 360 g/mol. The van der Waals surface area contributed by atoms with E-state index in [4.69, 9.17) is 12.2 Å². The van der Waals surface area contributed by atoms with Crippen LogP contribution in [0.15, 0.2) is 36.4 Å². The van der Waals surface area contributed by atoms with Gasteiger partial charge in [-0.3, -0.25) is 4.79 Å². The van der Waals surface area contributed by atoms with Crippen LogP contribution >= 0.6 is 12.2 Å². The van der Waals surface area contributed by atoms with E-state index >= 15 is 0 Å². The van der Waals surface area contributed by atoms with Crippen molar-refractivity contribution >= 4 is 28.8 Å². The number of carbonyl (C=O) groups is 1. The van der Waals surface area contributed by atoms with Crippen molar-refractivity contribution in [2.24, 2.45) is 5.92 Å². The Morgan fingerprint density at radius 2 is 1.96 bits per heavy atom. The van der Waals surface area contributed by atoms with Crippen molar-refractivity contribution in [3.8, 4) is 0 Å². The van der Waals surface area contributed by atoms with Crippen LogP contribution in [0.25, 0.3) is 0 Å². The Kier molecular flexibility index (Phi) is 4.81. The molecule has 0 spiro atoms. The van der Waals surface area contributed by atoms with E-state index in [9.17, 15) is 13.6 Å². The van der Waals surface area contributed by atoms with E-state index in [0.29, 0.717) is 11.5 Å². The van der Waals surface area contributed by atoms with E-state index in [0.717, 1.165) is 17.2 Å². The van der Waals surface area contributed by atoms with Gasteiger partial charge in [0.05, 0.1) is 16.6 Å². The highest BCUT2D eigenvalue weighted by Gasteiger charge is 2.38. The molecule has 130 valence electrons. The lowest BCUT2D eigenvalue weighted by Crippen LogP contribution is -2.31. The number of carbonyl (C=O) groups excluding carboxylic acids is 1. The van der Waals surface area contributed by atoms with E-state index in [-0.39, 0.29) is 11.6 Å². The lowest BCUT2D eigenvalue weighted by molar-refractivity contribution is -0.118. The van der Waals surface area contributed by atoms with Gasteiger partial charge in [0, 0.05) is 12.5 Å². The molecule has 2 atom stereocenters. The molecule has 25 heavy (non-hydrogen) atoms. The summed E-state index contributed by atoms with van der Waals surface area (Å²) in [5, 5.41) is 5.52. The summed E-state index contributed by atoms with van der Waals surface area (Å²) in [7, 11) is 0. The van der Waals surface area contributed by atoms with Crippen LogP contribution < -0.4 is 10.6 Å². The number of hydrogen-bond acceptors (Lipinski definition) is 2. The molecule has 1 heterocycles. The summed E-state index contributed by atoms with van der Waals surface area (Å²) >= 11 is 5.29.